The zero-order valence-corrected chi connectivity index (χ0v) is 12.7. The molecule has 0 bridgehead atoms. The van der Waals surface area contributed by atoms with Crippen LogP contribution in [0.5, 0.6) is 0 Å². The summed E-state index contributed by atoms with van der Waals surface area (Å²) < 4.78 is 2.53. The van der Waals surface area contributed by atoms with Crippen LogP contribution in [0, 0.1) is 12.3 Å². The first kappa shape index (κ1) is 13.0. The van der Waals surface area contributed by atoms with Gasteiger partial charge < -0.3 is 4.57 Å². The molecule has 1 aromatic rings. The summed E-state index contributed by atoms with van der Waals surface area (Å²) in [4.78, 5) is 12.4. The summed E-state index contributed by atoms with van der Waals surface area (Å²) in [6.45, 7) is 8.91. The van der Waals surface area contributed by atoms with Crippen molar-refractivity contribution >= 4 is 5.78 Å². The van der Waals surface area contributed by atoms with Crippen molar-refractivity contribution in [3.8, 4) is 0 Å². The van der Waals surface area contributed by atoms with Crippen LogP contribution >= 0.6 is 0 Å². The number of fused-ring (bicyclic) bond motifs is 1. The molecule has 1 aromatic heterocycles. The minimum absolute atomic E-state index is 0.116. The van der Waals surface area contributed by atoms with Crippen LogP contribution in [0.3, 0.4) is 0 Å². The zero-order valence-electron chi connectivity index (χ0n) is 12.7. The number of Topliss-reactive ketones (excluding diaryl/α,β-unsaturated/α-hetero) is 1. The van der Waals surface area contributed by atoms with E-state index in [9.17, 15) is 4.79 Å². The van der Waals surface area contributed by atoms with Crippen LogP contribution in [0.25, 0.3) is 0 Å². The summed E-state index contributed by atoms with van der Waals surface area (Å²) in [7, 11) is 0. The number of aryl methyl sites for hydroxylation is 1. The van der Waals surface area contributed by atoms with Crippen molar-refractivity contribution in [2.24, 2.45) is 5.41 Å². The lowest BCUT2D eigenvalue weighted by Gasteiger charge is -2.46. The Labute approximate surface area is 116 Å². The molecule has 0 amide bonds. The first-order valence-electron chi connectivity index (χ1n) is 7.63. The SMILES string of the molecule is CCC1(n2c(C)cc3c2CC(C)(C)CC3=O)CCC1. The molecule has 1 fully saturated rings. The van der Waals surface area contributed by atoms with E-state index < -0.39 is 0 Å². The van der Waals surface area contributed by atoms with Gasteiger partial charge in [-0.15, -0.1) is 0 Å². The number of rotatable bonds is 2. The Kier molecular flexibility index (Phi) is 2.71. The van der Waals surface area contributed by atoms with Gasteiger partial charge in [0.15, 0.2) is 5.78 Å². The highest BCUT2D eigenvalue weighted by molar-refractivity contribution is 5.99. The molecule has 0 unspecified atom stereocenters. The maximum atomic E-state index is 12.4. The van der Waals surface area contributed by atoms with Gasteiger partial charge in [0.25, 0.3) is 0 Å². The zero-order chi connectivity index (χ0) is 13.8. The fraction of sp³-hybridized carbons (Fsp3) is 0.706. The lowest BCUT2D eigenvalue weighted by molar-refractivity contribution is 0.0892. The van der Waals surface area contributed by atoms with E-state index in [0.29, 0.717) is 17.7 Å². The Bertz CT molecular complexity index is 526. The molecular formula is C17H25NO. The Morgan fingerprint density at radius 3 is 2.47 bits per heavy atom. The number of carbonyl (C=O) groups is 1. The third-order valence-corrected chi connectivity index (χ3v) is 5.29. The summed E-state index contributed by atoms with van der Waals surface area (Å²) in [5.41, 5.74) is 4.05. The number of nitrogens with zero attached hydrogens (tertiary/aromatic N) is 1. The van der Waals surface area contributed by atoms with E-state index >= 15 is 0 Å². The first-order valence-corrected chi connectivity index (χ1v) is 7.63. The maximum absolute atomic E-state index is 12.4. The fourth-order valence-corrected chi connectivity index (χ4v) is 4.13. The van der Waals surface area contributed by atoms with Crippen molar-refractivity contribution in [2.45, 2.75) is 71.8 Å². The standard InChI is InChI=1S/C17H25NO/c1-5-17(7-6-8-17)18-12(2)9-13-14(18)10-16(3,4)11-15(13)19/h9H,5-8,10-11H2,1-4H3. The molecule has 2 heteroatoms. The average Bonchev–Trinajstić information content (AvgIpc) is 2.55. The summed E-state index contributed by atoms with van der Waals surface area (Å²) >= 11 is 0. The van der Waals surface area contributed by atoms with E-state index in [0.717, 1.165) is 12.0 Å². The highest BCUT2D eigenvalue weighted by Gasteiger charge is 2.42. The number of carbonyl (C=O) groups excluding carboxylic acids is 1. The molecule has 1 heterocycles. The van der Waals surface area contributed by atoms with Gasteiger partial charge in [0.2, 0.25) is 0 Å². The van der Waals surface area contributed by atoms with Crippen LogP contribution in [0.1, 0.15) is 74.6 Å². The van der Waals surface area contributed by atoms with Crippen LogP contribution in [0.15, 0.2) is 6.07 Å². The Morgan fingerprint density at radius 1 is 1.26 bits per heavy atom. The van der Waals surface area contributed by atoms with Crippen LogP contribution < -0.4 is 0 Å². The number of hydrogen-bond acceptors (Lipinski definition) is 1. The van der Waals surface area contributed by atoms with Gasteiger partial charge in [0.05, 0.1) is 0 Å². The summed E-state index contributed by atoms with van der Waals surface area (Å²) in [5.74, 6) is 0.346. The molecule has 2 nitrogen and oxygen atoms in total. The minimum atomic E-state index is 0.116. The lowest BCUT2D eigenvalue weighted by Crippen LogP contribution is -2.43. The normalized spacial score (nSPS) is 23.9. The van der Waals surface area contributed by atoms with Gasteiger partial charge in [-0.2, -0.15) is 0 Å². The third-order valence-electron chi connectivity index (χ3n) is 5.29. The Morgan fingerprint density at radius 2 is 1.95 bits per heavy atom. The molecule has 0 spiro atoms. The van der Waals surface area contributed by atoms with E-state index in [4.69, 9.17) is 0 Å². The molecule has 19 heavy (non-hydrogen) atoms. The number of hydrogen-bond donors (Lipinski definition) is 0. The van der Waals surface area contributed by atoms with E-state index in [2.05, 4.69) is 38.3 Å². The molecule has 0 saturated heterocycles. The predicted octanol–water partition coefficient (Wildman–Crippen LogP) is 4.24. The van der Waals surface area contributed by atoms with Crippen molar-refractivity contribution in [1.82, 2.24) is 4.57 Å². The topological polar surface area (TPSA) is 22.0 Å². The molecule has 2 aliphatic carbocycles. The average molecular weight is 259 g/mol. The smallest absolute Gasteiger partial charge is 0.165 e. The number of ketones is 1. The Balaban J connectivity index is 2.15. The molecular weight excluding hydrogens is 234 g/mol. The van der Waals surface area contributed by atoms with Crippen LogP contribution in [-0.2, 0) is 12.0 Å². The van der Waals surface area contributed by atoms with Crippen LogP contribution in [0.4, 0.5) is 0 Å². The van der Waals surface area contributed by atoms with E-state index in [1.54, 1.807) is 0 Å². The monoisotopic (exact) mass is 259 g/mol. The van der Waals surface area contributed by atoms with E-state index in [1.165, 1.54) is 37.1 Å². The van der Waals surface area contributed by atoms with Crippen molar-refractivity contribution in [3.05, 3.63) is 23.0 Å². The van der Waals surface area contributed by atoms with Crippen molar-refractivity contribution in [1.29, 1.82) is 0 Å². The molecule has 2 aliphatic rings. The van der Waals surface area contributed by atoms with Gasteiger partial charge in [-0.3, -0.25) is 4.79 Å². The predicted molar refractivity (Wildman–Crippen MR) is 77.7 cm³/mol. The van der Waals surface area contributed by atoms with Gasteiger partial charge >= 0.3 is 0 Å². The summed E-state index contributed by atoms with van der Waals surface area (Å²) in [6, 6.07) is 2.14. The van der Waals surface area contributed by atoms with Gasteiger partial charge in [-0.25, -0.2) is 0 Å². The van der Waals surface area contributed by atoms with Gasteiger partial charge in [0, 0.05) is 28.9 Å². The fourth-order valence-electron chi connectivity index (χ4n) is 4.13. The molecule has 3 rings (SSSR count). The largest absolute Gasteiger partial charge is 0.342 e. The molecule has 0 aliphatic heterocycles. The molecule has 1 saturated carbocycles. The van der Waals surface area contributed by atoms with E-state index in [1.807, 2.05) is 0 Å². The lowest BCUT2D eigenvalue weighted by atomic mass is 9.72. The van der Waals surface area contributed by atoms with E-state index in [-0.39, 0.29) is 5.41 Å². The Hall–Kier alpha value is -1.05. The summed E-state index contributed by atoms with van der Waals surface area (Å²) in [5, 5.41) is 0. The quantitative estimate of drug-likeness (QED) is 0.778. The molecule has 0 aromatic carbocycles. The number of aromatic nitrogens is 1. The van der Waals surface area contributed by atoms with Gasteiger partial charge in [0.1, 0.15) is 0 Å². The second-order valence-corrected chi connectivity index (χ2v) is 7.35. The molecule has 104 valence electrons. The molecule has 0 N–H and O–H groups in total. The van der Waals surface area contributed by atoms with Crippen molar-refractivity contribution in [2.75, 3.05) is 0 Å². The highest BCUT2D eigenvalue weighted by atomic mass is 16.1. The van der Waals surface area contributed by atoms with Gasteiger partial charge in [-0.1, -0.05) is 20.8 Å². The first-order chi connectivity index (χ1) is 8.88. The summed E-state index contributed by atoms with van der Waals surface area (Å²) in [6.07, 6.45) is 6.81. The third kappa shape index (κ3) is 1.79. The molecule has 0 atom stereocenters. The second kappa shape index (κ2) is 3.97. The molecule has 0 radical (unpaired) electrons. The second-order valence-electron chi connectivity index (χ2n) is 7.35. The van der Waals surface area contributed by atoms with Crippen LogP contribution in [0.2, 0.25) is 0 Å². The van der Waals surface area contributed by atoms with Crippen molar-refractivity contribution in [3.63, 3.8) is 0 Å². The highest BCUT2D eigenvalue weighted by Crippen LogP contribution is 2.47. The van der Waals surface area contributed by atoms with Crippen LogP contribution in [-0.4, -0.2) is 10.4 Å². The van der Waals surface area contributed by atoms with Gasteiger partial charge in [-0.05, 0) is 50.5 Å². The van der Waals surface area contributed by atoms with Crippen molar-refractivity contribution < 1.29 is 4.79 Å². The maximum Gasteiger partial charge on any atom is 0.165 e. The minimum Gasteiger partial charge on any atom is -0.342 e.